The normalized spacial score (nSPS) is 10.6. The van der Waals surface area contributed by atoms with Crippen LogP contribution < -0.4 is 15.6 Å². The standard InChI is InChI=1S/C24H27N3O3/c1-2-30-21-13-11-20(12-14-21)22-15-16-24(29)27(26-22)18-17-25-23(28)10-6-9-19-7-4-3-5-8-19/h3-5,7-8,11-16H,2,6,9-10,17-18H2,1H3,(H,25,28). The molecule has 1 heterocycles. The highest BCUT2D eigenvalue weighted by Crippen LogP contribution is 2.19. The van der Waals surface area contributed by atoms with Gasteiger partial charge in [-0.2, -0.15) is 5.10 Å². The van der Waals surface area contributed by atoms with Crippen LogP contribution in [-0.2, 0) is 17.8 Å². The third-order valence-electron chi connectivity index (χ3n) is 4.69. The molecule has 0 bridgehead atoms. The summed E-state index contributed by atoms with van der Waals surface area (Å²) in [6.07, 6.45) is 2.13. The van der Waals surface area contributed by atoms with Crippen molar-refractivity contribution in [3.8, 4) is 17.0 Å². The number of hydrogen-bond acceptors (Lipinski definition) is 4. The first-order chi connectivity index (χ1) is 14.7. The SMILES string of the molecule is CCOc1ccc(-c2ccc(=O)n(CCNC(=O)CCCc3ccccc3)n2)cc1. The third-order valence-corrected chi connectivity index (χ3v) is 4.69. The second-order valence-electron chi connectivity index (χ2n) is 6.93. The monoisotopic (exact) mass is 405 g/mol. The zero-order valence-electron chi connectivity index (χ0n) is 17.2. The Bertz CT molecular complexity index is 998. The van der Waals surface area contributed by atoms with E-state index in [1.807, 2.05) is 49.4 Å². The van der Waals surface area contributed by atoms with Gasteiger partial charge < -0.3 is 10.1 Å². The minimum absolute atomic E-state index is 0.0124. The molecule has 156 valence electrons. The number of benzene rings is 2. The van der Waals surface area contributed by atoms with Crippen molar-refractivity contribution in [3.63, 3.8) is 0 Å². The summed E-state index contributed by atoms with van der Waals surface area (Å²) in [5.74, 6) is 0.784. The lowest BCUT2D eigenvalue weighted by molar-refractivity contribution is -0.121. The number of carbonyl (C=O) groups excluding carboxylic acids is 1. The quantitative estimate of drug-likeness (QED) is 0.561. The maximum atomic E-state index is 12.1. The van der Waals surface area contributed by atoms with Gasteiger partial charge in [-0.3, -0.25) is 9.59 Å². The lowest BCUT2D eigenvalue weighted by Crippen LogP contribution is -2.31. The van der Waals surface area contributed by atoms with E-state index in [4.69, 9.17) is 4.74 Å². The van der Waals surface area contributed by atoms with Crippen molar-refractivity contribution in [2.45, 2.75) is 32.7 Å². The van der Waals surface area contributed by atoms with Gasteiger partial charge in [0.25, 0.3) is 5.56 Å². The molecule has 6 nitrogen and oxygen atoms in total. The summed E-state index contributed by atoms with van der Waals surface area (Å²) in [6.45, 7) is 3.24. The fourth-order valence-corrected chi connectivity index (χ4v) is 3.14. The van der Waals surface area contributed by atoms with Gasteiger partial charge in [0.05, 0.1) is 18.8 Å². The molecule has 1 amide bonds. The number of nitrogens with one attached hydrogen (secondary N) is 1. The van der Waals surface area contributed by atoms with Crippen LogP contribution in [0.5, 0.6) is 5.75 Å². The molecule has 2 aromatic carbocycles. The molecule has 30 heavy (non-hydrogen) atoms. The van der Waals surface area contributed by atoms with Crippen LogP contribution in [0.25, 0.3) is 11.3 Å². The van der Waals surface area contributed by atoms with Crippen molar-refractivity contribution < 1.29 is 9.53 Å². The van der Waals surface area contributed by atoms with E-state index in [2.05, 4.69) is 22.5 Å². The molecule has 0 unspecified atom stereocenters. The molecular weight excluding hydrogens is 378 g/mol. The number of aryl methyl sites for hydroxylation is 1. The molecule has 0 spiro atoms. The molecule has 0 aliphatic rings. The molecule has 3 aromatic rings. The van der Waals surface area contributed by atoms with Crippen molar-refractivity contribution in [3.05, 3.63) is 82.6 Å². The Morgan fingerprint density at radius 2 is 1.80 bits per heavy atom. The molecule has 0 fully saturated rings. The molecule has 6 heteroatoms. The van der Waals surface area contributed by atoms with Crippen LogP contribution in [0.2, 0.25) is 0 Å². The van der Waals surface area contributed by atoms with E-state index in [0.29, 0.717) is 31.8 Å². The van der Waals surface area contributed by atoms with Gasteiger partial charge in [-0.15, -0.1) is 0 Å². The summed E-state index contributed by atoms with van der Waals surface area (Å²) in [4.78, 5) is 24.2. The third kappa shape index (κ3) is 6.30. The molecule has 0 atom stereocenters. The summed E-state index contributed by atoms with van der Waals surface area (Å²) < 4.78 is 6.84. The lowest BCUT2D eigenvalue weighted by atomic mass is 10.1. The molecule has 1 N–H and O–H groups in total. The minimum atomic E-state index is -0.192. The maximum Gasteiger partial charge on any atom is 0.266 e. The van der Waals surface area contributed by atoms with Crippen LogP contribution in [0.4, 0.5) is 0 Å². The second-order valence-corrected chi connectivity index (χ2v) is 6.93. The largest absolute Gasteiger partial charge is 0.494 e. The van der Waals surface area contributed by atoms with Gasteiger partial charge in [0.1, 0.15) is 5.75 Å². The summed E-state index contributed by atoms with van der Waals surface area (Å²) >= 11 is 0. The fraction of sp³-hybridized carbons (Fsp3) is 0.292. The zero-order valence-corrected chi connectivity index (χ0v) is 17.2. The summed E-state index contributed by atoms with van der Waals surface area (Å²) in [7, 11) is 0. The van der Waals surface area contributed by atoms with Crippen LogP contribution in [0.1, 0.15) is 25.3 Å². The van der Waals surface area contributed by atoms with Gasteiger partial charge in [0.2, 0.25) is 5.91 Å². The van der Waals surface area contributed by atoms with Gasteiger partial charge in [-0.1, -0.05) is 30.3 Å². The van der Waals surface area contributed by atoms with Gasteiger partial charge in [0.15, 0.2) is 0 Å². The lowest BCUT2D eigenvalue weighted by Gasteiger charge is -2.09. The molecular formula is C24H27N3O3. The molecule has 3 rings (SSSR count). The van der Waals surface area contributed by atoms with Crippen molar-refractivity contribution in [2.75, 3.05) is 13.2 Å². The number of ether oxygens (including phenoxy) is 1. The predicted molar refractivity (Wildman–Crippen MR) is 117 cm³/mol. The van der Waals surface area contributed by atoms with Gasteiger partial charge in [-0.25, -0.2) is 4.68 Å². The maximum absolute atomic E-state index is 12.1. The van der Waals surface area contributed by atoms with Crippen LogP contribution in [0, 0.1) is 0 Å². The van der Waals surface area contributed by atoms with Gasteiger partial charge in [-0.05, 0) is 55.7 Å². The highest BCUT2D eigenvalue weighted by molar-refractivity contribution is 5.75. The van der Waals surface area contributed by atoms with Gasteiger partial charge >= 0.3 is 0 Å². The Morgan fingerprint density at radius 1 is 1.03 bits per heavy atom. The molecule has 0 aliphatic heterocycles. The van der Waals surface area contributed by atoms with Gasteiger partial charge in [0, 0.05) is 24.6 Å². The number of nitrogens with zero attached hydrogens (tertiary/aromatic N) is 2. The Hall–Kier alpha value is -3.41. The summed E-state index contributed by atoms with van der Waals surface area (Å²) in [6, 6.07) is 20.9. The average Bonchev–Trinajstić information content (AvgIpc) is 2.77. The van der Waals surface area contributed by atoms with Crippen molar-refractivity contribution in [2.24, 2.45) is 0 Å². The van der Waals surface area contributed by atoms with Crippen molar-refractivity contribution in [1.29, 1.82) is 0 Å². The number of hydrogen-bond donors (Lipinski definition) is 1. The van der Waals surface area contributed by atoms with E-state index in [9.17, 15) is 9.59 Å². The first-order valence-corrected chi connectivity index (χ1v) is 10.3. The zero-order chi connectivity index (χ0) is 21.2. The topological polar surface area (TPSA) is 73.2 Å². The molecule has 1 aromatic heterocycles. The fourth-order valence-electron chi connectivity index (χ4n) is 3.14. The molecule has 0 radical (unpaired) electrons. The minimum Gasteiger partial charge on any atom is -0.494 e. The molecule has 0 saturated heterocycles. The van der Waals surface area contributed by atoms with Crippen molar-refractivity contribution >= 4 is 5.91 Å². The highest BCUT2D eigenvalue weighted by Gasteiger charge is 2.06. The van der Waals surface area contributed by atoms with E-state index in [1.165, 1.54) is 16.3 Å². The Morgan fingerprint density at radius 3 is 2.53 bits per heavy atom. The Labute approximate surface area is 176 Å². The van der Waals surface area contributed by atoms with E-state index in [-0.39, 0.29) is 11.5 Å². The molecule has 0 aliphatic carbocycles. The second kappa shape index (κ2) is 11.0. The Kier molecular flexibility index (Phi) is 7.78. The average molecular weight is 405 g/mol. The van der Waals surface area contributed by atoms with Crippen LogP contribution >= 0.6 is 0 Å². The van der Waals surface area contributed by atoms with E-state index in [1.54, 1.807) is 6.07 Å². The Balaban J connectivity index is 1.49. The highest BCUT2D eigenvalue weighted by atomic mass is 16.5. The summed E-state index contributed by atoms with van der Waals surface area (Å²) in [5, 5.41) is 7.30. The smallest absolute Gasteiger partial charge is 0.266 e. The summed E-state index contributed by atoms with van der Waals surface area (Å²) in [5.41, 5.74) is 2.64. The van der Waals surface area contributed by atoms with Crippen LogP contribution in [-0.4, -0.2) is 28.8 Å². The van der Waals surface area contributed by atoms with E-state index >= 15 is 0 Å². The number of amides is 1. The first kappa shape index (κ1) is 21.3. The molecule has 0 saturated carbocycles. The number of carbonyl (C=O) groups is 1. The van der Waals surface area contributed by atoms with E-state index in [0.717, 1.165) is 24.2 Å². The number of aromatic nitrogens is 2. The van der Waals surface area contributed by atoms with E-state index < -0.39 is 0 Å². The van der Waals surface area contributed by atoms with Crippen molar-refractivity contribution in [1.82, 2.24) is 15.1 Å². The predicted octanol–water partition coefficient (Wildman–Crippen LogP) is 3.45. The van der Waals surface area contributed by atoms with Crippen LogP contribution in [0.15, 0.2) is 71.5 Å². The number of rotatable bonds is 10. The van der Waals surface area contributed by atoms with Crippen LogP contribution in [0.3, 0.4) is 0 Å². The first-order valence-electron chi connectivity index (χ1n) is 10.3.